The second-order valence-corrected chi connectivity index (χ2v) is 8.01. The molecule has 5 nitrogen and oxygen atoms in total. The van der Waals surface area contributed by atoms with Crippen molar-refractivity contribution in [2.45, 2.75) is 26.7 Å². The second kappa shape index (κ2) is 5.18. The molecule has 2 bridgehead atoms. The number of fused-ring (bicyclic) bond motifs is 5. The minimum absolute atomic E-state index is 0.0659. The molecule has 124 valence electrons. The number of carbonyl (C=O) groups excluding carboxylic acids is 3. The van der Waals surface area contributed by atoms with E-state index in [0.29, 0.717) is 11.8 Å². The third-order valence-corrected chi connectivity index (χ3v) is 6.08. The van der Waals surface area contributed by atoms with Gasteiger partial charge in [0.25, 0.3) is 0 Å². The Hall–Kier alpha value is -1.65. The van der Waals surface area contributed by atoms with Gasteiger partial charge in [-0.2, -0.15) is 0 Å². The molecule has 3 fully saturated rings. The third kappa shape index (κ3) is 2.24. The lowest BCUT2D eigenvalue weighted by atomic mass is 9.85. The highest BCUT2D eigenvalue weighted by Crippen LogP contribution is 2.52. The molecular weight excluding hydrogens is 292 g/mol. The van der Waals surface area contributed by atoms with Crippen LogP contribution in [0.4, 0.5) is 0 Å². The maximum absolute atomic E-state index is 12.6. The summed E-state index contributed by atoms with van der Waals surface area (Å²) in [5, 5.41) is 0. The number of allylic oxidation sites excluding steroid dienone is 2. The van der Waals surface area contributed by atoms with E-state index in [4.69, 9.17) is 0 Å². The van der Waals surface area contributed by atoms with Gasteiger partial charge in [-0.25, -0.2) is 0 Å². The van der Waals surface area contributed by atoms with Crippen molar-refractivity contribution in [1.29, 1.82) is 0 Å². The van der Waals surface area contributed by atoms with Gasteiger partial charge < -0.3 is 4.90 Å². The molecule has 23 heavy (non-hydrogen) atoms. The van der Waals surface area contributed by atoms with Crippen molar-refractivity contribution in [2.75, 3.05) is 19.6 Å². The van der Waals surface area contributed by atoms with E-state index in [9.17, 15) is 14.4 Å². The lowest BCUT2D eigenvalue weighted by Crippen LogP contribution is -2.48. The fraction of sp³-hybridized carbons (Fsp3) is 0.722. The third-order valence-electron chi connectivity index (χ3n) is 6.08. The maximum Gasteiger partial charge on any atom is 0.242 e. The Bertz CT molecular complexity index is 559. The highest BCUT2D eigenvalue weighted by Gasteiger charge is 2.59. The van der Waals surface area contributed by atoms with Crippen molar-refractivity contribution >= 4 is 17.7 Å². The maximum atomic E-state index is 12.6. The first-order valence-corrected chi connectivity index (χ1v) is 8.77. The number of likely N-dealkylation sites (tertiary alicyclic amines) is 2. The van der Waals surface area contributed by atoms with Crippen LogP contribution in [0.5, 0.6) is 0 Å². The first kappa shape index (κ1) is 14.9. The van der Waals surface area contributed by atoms with E-state index in [-0.39, 0.29) is 47.9 Å². The van der Waals surface area contributed by atoms with Crippen LogP contribution in [0, 0.1) is 35.5 Å². The van der Waals surface area contributed by atoms with Crippen LogP contribution < -0.4 is 0 Å². The van der Waals surface area contributed by atoms with Gasteiger partial charge in [0.1, 0.15) is 6.54 Å². The molecular formula is C18H24N2O3. The van der Waals surface area contributed by atoms with E-state index in [0.717, 1.165) is 25.9 Å². The fourth-order valence-corrected chi connectivity index (χ4v) is 5.22. The molecule has 2 aliphatic heterocycles. The molecule has 0 N–H and O–H groups in total. The molecule has 2 saturated heterocycles. The van der Waals surface area contributed by atoms with Crippen molar-refractivity contribution in [1.82, 2.24) is 9.80 Å². The Morgan fingerprint density at radius 1 is 1.00 bits per heavy atom. The number of rotatable bonds is 2. The summed E-state index contributed by atoms with van der Waals surface area (Å²) in [6, 6.07) is 0. The Labute approximate surface area is 136 Å². The minimum atomic E-state index is -0.204. The summed E-state index contributed by atoms with van der Waals surface area (Å²) in [6.45, 7) is 5.70. The first-order chi connectivity index (χ1) is 11.0. The van der Waals surface area contributed by atoms with Crippen LogP contribution in [0.25, 0.3) is 0 Å². The van der Waals surface area contributed by atoms with Crippen LogP contribution >= 0.6 is 0 Å². The van der Waals surface area contributed by atoms with Gasteiger partial charge in [-0.1, -0.05) is 26.0 Å². The number of hydrogen-bond acceptors (Lipinski definition) is 3. The highest BCUT2D eigenvalue weighted by atomic mass is 16.2. The molecule has 1 saturated carbocycles. The molecule has 6 atom stereocenters. The average Bonchev–Trinajstić information content (AvgIpc) is 3.16. The van der Waals surface area contributed by atoms with Crippen molar-refractivity contribution < 1.29 is 14.4 Å². The Morgan fingerprint density at radius 2 is 1.52 bits per heavy atom. The number of nitrogens with zero attached hydrogens (tertiary/aromatic N) is 2. The highest BCUT2D eigenvalue weighted by molar-refractivity contribution is 6.08. The van der Waals surface area contributed by atoms with Crippen LogP contribution in [0.15, 0.2) is 12.2 Å². The summed E-state index contributed by atoms with van der Waals surface area (Å²) in [5.41, 5.74) is 0. The van der Waals surface area contributed by atoms with E-state index in [1.165, 1.54) is 4.90 Å². The van der Waals surface area contributed by atoms with Gasteiger partial charge in [0, 0.05) is 13.1 Å². The van der Waals surface area contributed by atoms with E-state index >= 15 is 0 Å². The summed E-state index contributed by atoms with van der Waals surface area (Å²) in [6.07, 6.45) is 6.22. The van der Waals surface area contributed by atoms with E-state index in [1.807, 2.05) is 4.90 Å². The van der Waals surface area contributed by atoms with Gasteiger partial charge in [0.2, 0.25) is 17.7 Å². The van der Waals surface area contributed by atoms with Gasteiger partial charge in [-0.05, 0) is 36.5 Å². The molecule has 5 heteroatoms. The van der Waals surface area contributed by atoms with E-state index in [1.54, 1.807) is 0 Å². The summed E-state index contributed by atoms with van der Waals surface area (Å²) >= 11 is 0. The van der Waals surface area contributed by atoms with Gasteiger partial charge >= 0.3 is 0 Å². The van der Waals surface area contributed by atoms with Gasteiger partial charge in [0.05, 0.1) is 11.8 Å². The lowest BCUT2D eigenvalue weighted by molar-refractivity contribution is -0.148. The number of carbonyl (C=O) groups is 3. The van der Waals surface area contributed by atoms with E-state index in [2.05, 4.69) is 26.0 Å². The van der Waals surface area contributed by atoms with Crippen molar-refractivity contribution in [3.05, 3.63) is 12.2 Å². The predicted molar refractivity (Wildman–Crippen MR) is 84.0 cm³/mol. The standard InChI is InChI=1S/C18H24N2O3/c1-10-5-11(2)8-19(7-10)14(21)9-20-17(22)15-12-3-4-13(6-12)16(15)18(20)23/h3-4,10-13,15-16H,5-9H2,1-2H3. The molecule has 4 aliphatic rings. The summed E-state index contributed by atoms with van der Waals surface area (Å²) in [5.74, 6) is 0.637. The number of amides is 3. The van der Waals surface area contributed by atoms with Crippen LogP contribution in [0.2, 0.25) is 0 Å². The fourth-order valence-electron chi connectivity index (χ4n) is 5.22. The molecule has 0 spiro atoms. The normalized spacial score (nSPS) is 41.8. The molecule has 2 heterocycles. The topological polar surface area (TPSA) is 57.7 Å². The monoisotopic (exact) mass is 316 g/mol. The average molecular weight is 316 g/mol. The molecule has 2 aliphatic carbocycles. The predicted octanol–water partition coefficient (Wildman–Crippen LogP) is 1.30. The van der Waals surface area contributed by atoms with Crippen molar-refractivity contribution in [2.24, 2.45) is 35.5 Å². The quantitative estimate of drug-likeness (QED) is 0.570. The van der Waals surface area contributed by atoms with Crippen LogP contribution in [0.1, 0.15) is 26.7 Å². The molecule has 0 aromatic carbocycles. The van der Waals surface area contributed by atoms with Crippen LogP contribution in [-0.2, 0) is 14.4 Å². The zero-order valence-electron chi connectivity index (χ0n) is 13.8. The SMILES string of the molecule is CC1CC(C)CN(C(=O)CN2C(=O)C3C4C=CC(C4)C3C2=O)C1. The summed E-state index contributed by atoms with van der Waals surface area (Å²) in [7, 11) is 0. The Balaban J connectivity index is 1.46. The van der Waals surface area contributed by atoms with Crippen molar-refractivity contribution in [3.63, 3.8) is 0 Å². The summed E-state index contributed by atoms with van der Waals surface area (Å²) < 4.78 is 0. The number of hydrogen-bond donors (Lipinski definition) is 0. The van der Waals surface area contributed by atoms with Crippen LogP contribution in [-0.4, -0.2) is 47.2 Å². The zero-order chi connectivity index (χ0) is 16.3. The molecule has 3 amide bonds. The number of piperidine rings is 1. The molecule has 0 radical (unpaired) electrons. The summed E-state index contributed by atoms with van der Waals surface area (Å²) in [4.78, 5) is 40.9. The van der Waals surface area contributed by atoms with Crippen LogP contribution in [0.3, 0.4) is 0 Å². The largest absolute Gasteiger partial charge is 0.341 e. The molecule has 0 aromatic rings. The van der Waals surface area contributed by atoms with Gasteiger partial charge in [0.15, 0.2) is 0 Å². The van der Waals surface area contributed by atoms with Gasteiger partial charge in [-0.3, -0.25) is 19.3 Å². The molecule has 4 rings (SSSR count). The second-order valence-electron chi connectivity index (χ2n) is 8.01. The first-order valence-electron chi connectivity index (χ1n) is 8.77. The van der Waals surface area contributed by atoms with E-state index < -0.39 is 0 Å². The molecule has 0 aromatic heterocycles. The van der Waals surface area contributed by atoms with Crippen molar-refractivity contribution in [3.8, 4) is 0 Å². The van der Waals surface area contributed by atoms with Gasteiger partial charge in [-0.15, -0.1) is 0 Å². The Morgan fingerprint density at radius 3 is 2.04 bits per heavy atom. The Kier molecular flexibility index (Phi) is 3.36. The molecule has 6 unspecified atom stereocenters. The zero-order valence-corrected chi connectivity index (χ0v) is 13.8. The minimum Gasteiger partial charge on any atom is -0.341 e. The lowest BCUT2D eigenvalue weighted by Gasteiger charge is -2.35. The number of imide groups is 1. The smallest absolute Gasteiger partial charge is 0.242 e.